The zero-order valence-corrected chi connectivity index (χ0v) is 15.1. The average Bonchev–Trinajstić information content (AvgIpc) is 3.16. The molecule has 1 aliphatic carbocycles. The van der Waals surface area contributed by atoms with E-state index in [0.29, 0.717) is 11.5 Å². The van der Waals surface area contributed by atoms with Crippen molar-refractivity contribution in [2.75, 3.05) is 43.4 Å². The van der Waals surface area contributed by atoms with Gasteiger partial charge in [-0.25, -0.2) is 9.78 Å². The Bertz CT molecular complexity index is 604. The smallest absolute Gasteiger partial charge is 0.321 e. The first-order chi connectivity index (χ1) is 12.0. The van der Waals surface area contributed by atoms with Crippen molar-refractivity contribution in [2.45, 2.75) is 38.6 Å². The summed E-state index contributed by atoms with van der Waals surface area (Å²) in [7, 11) is 1.67. The van der Waals surface area contributed by atoms with Crippen LogP contribution in [0.3, 0.4) is 0 Å². The van der Waals surface area contributed by atoms with E-state index < -0.39 is 0 Å². The second-order valence-corrected chi connectivity index (χ2v) is 6.87. The van der Waals surface area contributed by atoms with Crippen molar-refractivity contribution in [3.05, 3.63) is 18.3 Å². The first-order valence-corrected chi connectivity index (χ1v) is 9.05. The molecule has 2 heterocycles. The van der Waals surface area contributed by atoms with Crippen molar-refractivity contribution in [2.24, 2.45) is 0 Å². The molecule has 0 spiro atoms. The topological polar surface area (TPSA) is 68.8 Å². The number of urea groups is 1. The Labute approximate surface area is 149 Å². The lowest BCUT2D eigenvalue weighted by atomic mass is 10.2. The maximum absolute atomic E-state index is 12.4. The Balaban J connectivity index is 1.50. The standard InChI is InChI=1S/C18H27N5O2/c1-14(24)21(2)17-8-7-15(13-19-17)20-18(25)23-11-9-22(10-12-23)16-5-3-4-6-16/h7-8,13,16H,3-6,9-12H2,1-2H3,(H,20,25). The number of anilines is 2. The Kier molecular flexibility index (Phi) is 5.53. The van der Waals surface area contributed by atoms with E-state index in [-0.39, 0.29) is 11.9 Å². The summed E-state index contributed by atoms with van der Waals surface area (Å²) in [6.07, 6.45) is 6.87. The van der Waals surface area contributed by atoms with Gasteiger partial charge in [-0.15, -0.1) is 0 Å². The molecule has 1 aromatic heterocycles. The van der Waals surface area contributed by atoms with Crippen molar-refractivity contribution in [3.8, 4) is 0 Å². The van der Waals surface area contributed by atoms with Gasteiger partial charge in [0, 0.05) is 46.2 Å². The van der Waals surface area contributed by atoms with E-state index in [1.165, 1.54) is 37.5 Å². The lowest BCUT2D eigenvalue weighted by Crippen LogP contribution is -2.52. The van der Waals surface area contributed by atoms with Crippen LogP contribution < -0.4 is 10.2 Å². The number of nitrogens with zero attached hydrogens (tertiary/aromatic N) is 4. The van der Waals surface area contributed by atoms with Gasteiger partial charge in [-0.05, 0) is 25.0 Å². The number of nitrogens with one attached hydrogen (secondary N) is 1. The highest BCUT2D eigenvalue weighted by molar-refractivity contribution is 5.91. The Morgan fingerprint density at radius 2 is 1.84 bits per heavy atom. The van der Waals surface area contributed by atoms with Crippen LogP contribution in [0.2, 0.25) is 0 Å². The predicted octanol–water partition coefficient (Wildman–Crippen LogP) is 2.16. The minimum atomic E-state index is -0.0828. The third kappa shape index (κ3) is 4.28. The van der Waals surface area contributed by atoms with Gasteiger partial charge in [0.2, 0.25) is 5.91 Å². The Morgan fingerprint density at radius 1 is 1.16 bits per heavy atom. The van der Waals surface area contributed by atoms with E-state index in [4.69, 9.17) is 0 Å². The molecule has 3 amide bonds. The summed E-state index contributed by atoms with van der Waals surface area (Å²) in [6, 6.07) is 4.14. The van der Waals surface area contributed by atoms with Crippen LogP contribution in [0.5, 0.6) is 0 Å². The zero-order chi connectivity index (χ0) is 17.8. The van der Waals surface area contributed by atoms with Crippen LogP contribution in [0, 0.1) is 0 Å². The molecule has 2 fully saturated rings. The number of amides is 3. The highest BCUT2D eigenvalue weighted by Crippen LogP contribution is 2.24. The molecule has 0 aromatic carbocycles. The lowest BCUT2D eigenvalue weighted by molar-refractivity contribution is -0.116. The van der Waals surface area contributed by atoms with Crippen LogP contribution >= 0.6 is 0 Å². The largest absolute Gasteiger partial charge is 0.322 e. The second-order valence-electron chi connectivity index (χ2n) is 6.87. The fourth-order valence-corrected chi connectivity index (χ4v) is 3.58. The summed E-state index contributed by atoms with van der Waals surface area (Å²) < 4.78 is 0. The van der Waals surface area contributed by atoms with Gasteiger partial charge < -0.3 is 15.1 Å². The molecule has 3 rings (SSSR count). The molecule has 0 unspecified atom stereocenters. The van der Waals surface area contributed by atoms with E-state index in [2.05, 4.69) is 15.2 Å². The third-order valence-corrected chi connectivity index (χ3v) is 5.26. The van der Waals surface area contributed by atoms with Gasteiger partial charge in [0.05, 0.1) is 11.9 Å². The molecule has 2 aliphatic rings. The number of carbonyl (C=O) groups excluding carboxylic acids is 2. The van der Waals surface area contributed by atoms with Crippen molar-refractivity contribution in [1.82, 2.24) is 14.8 Å². The number of hydrogen-bond donors (Lipinski definition) is 1. The summed E-state index contributed by atoms with van der Waals surface area (Å²) in [5.74, 6) is 0.486. The Morgan fingerprint density at radius 3 is 2.40 bits per heavy atom. The van der Waals surface area contributed by atoms with Gasteiger partial charge in [-0.3, -0.25) is 9.69 Å². The lowest BCUT2D eigenvalue weighted by Gasteiger charge is -2.37. The highest BCUT2D eigenvalue weighted by Gasteiger charge is 2.27. The summed E-state index contributed by atoms with van der Waals surface area (Å²) in [4.78, 5) is 33.9. The summed E-state index contributed by atoms with van der Waals surface area (Å²) in [6.45, 7) is 4.93. The number of piperazine rings is 1. The predicted molar refractivity (Wildman–Crippen MR) is 97.7 cm³/mol. The number of carbonyl (C=O) groups is 2. The van der Waals surface area contributed by atoms with Crippen molar-refractivity contribution < 1.29 is 9.59 Å². The molecule has 136 valence electrons. The molecular weight excluding hydrogens is 318 g/mol. The van der Waals surface area contributed by atoms with E-state index in [1.54, 1.807) is 25.4 Å². The first kappa shape index (κ1) is 17.7. The normalized spacial score (nSPS) is 19.0. The van der Waals surface area contributed by atoms with E-state index in [0.717, 1.165) is 32.2 Å². The second kappa shape index (κ2) is 7.82. The number of aromatic nitrogens is 1. The molecule has 7 heteroatoms. The van der Waals surface area contributed by atoms with E-state index in [1.807, 2.05) is 4.90 Å². The molecule has 0 atom stereocenters. The van der Waals surface area contributed by atoms with Crippen LogP contribution in [-0.2, 0) is 4.79 Å². The van der Waals surface area contributed by atoms with Crippen molar-refractivity contribution in [1.29, 1.82) is 0 Å². The maximum atomic E-state index is 12.4. The number of pyridine rings is 1. The van der Waals surface area contributed by atoms with Gasteiger partial charge in [0.25, 0.3) is 0 Å². The van der Waals surface area contributed by atoms with Gasteiger partial charge in [0.1, 0.15) is 5.82 Å². The number of rotatable bonds is 3. The average molecular weight is 345 g/mol. The first-order valence-electron chi connectivity index (χ1n) is 9.05. The fraction of sp³-hybridized carbons (Fsp3) is 0.611. The maximum Gasteiger partial charge on any atom is 0.321 e. The third-order valence-electron chi connectivity index (χ3n) is 5.26. The molecule has 0 bridgehead atoms. The molecule has 1 aromatic rings. The van der Waals surface area contributed by atoms with Crippen LogP contribution in [0.4, 0.5) is 16.3 Å². The molecule has 7 nitrogen and oxygen atoms in total. The summed E-state index contributed by atoms with van der Waals surface area (Å²) >= 11 is 0. The summed E-state index contributed by atoms with van der Waals surface area (Å²) in [5.41, 5.74) is 0.643. The summed E-state index contributed by atoms with van der Waals surface area (Å²) in [5, 5.41) is 2.89. The molecule has 1 saturated carbocycles. The Hall–Kier alpha value is -2.15. The molecule has 0 radical (unpaired) electrons. The molecule has 1 aliphatic heterocycles. The number of hydrogen-bond acceptors (Lipinski definition) is 4. The minimum absolute atomic E-state index is 0.0792. The van der Waals surface area contributed by atoms with Crippen molar-refractivity contribution in [3.63, 3.8) is 0 Å². The van der Waals surface area contributed by atoms with Gasteiger partial charge in [-0.1, -0.05) is 12.8 Å². The van der Waals surface area contributed by atoms with Crippen LogP contribution in [0.15, 0.2) is 18.3 Å². The van der Waals surface area contributed by atoms with Gasteiger partial charge >= 0.3 is 6.03 Å². The van der Waals surface area contributed by atoms with E-state index in [9.17, 15) is 9.59 Å². The molecule has 1 N–H and O–H groups in total. The highest BCUT2D eigenvalue weighted by atomic mass is 16.2. The fourth-order valence-electron chi connectivity index (χ4n) is 3.58. The van der Waals surface area contributed by atoms with E-state index >= 15 is 0 Å². The van der Waals surface area contributed by atoms with Gasteiger partial charge in [-0.2, -0.15) is 0 Å². The van der Waals surface area contributed by atoms with Crippen LogP contribution in [0.25, 0.3) is 0 Å². The van der Waals surface area contributed by atoms with Crippen LogP contribution in [0.1, 0.15) is 32.6 Å². The SMILES string of the molecule is CC(=O)N(C)c1ccc(NC(=O)N2CCN(C3CCCC3)CC2)cn1. The molecular formula is C18H27N5O2. The quantitative estimate of drug-likeness (QED) is 0.911. The monoisotopic (exact) mass is 345 g/mol. The van der Waals surface area contributed by atoms with Crippen LogP contribution in [-0.4, -0.2) is 66.0 Å². The molecule has 1 saturated heterocycles. The van der Waals surface area contributed by atoms with Crippen molar-refractivity contribution >= 4 is 23.4 Å². The molecule has 25 heavy (non-hydrogen) atoms. The van der Waals surface area contributed by atoms with Gasteiger partial charge in [0.15, 0.2) is 0 Å². The zero-order valence-electron chi connectivity index (χ0n) is 15.1. The minimum Gasteiger partial charge on any atom is -0.322 e.